The molecule has 0 aliphatic carbocycles. The maximum atomic E-state index is 12.9. The number of amides is 1. The van der Waals surface area contributed by atoms with E-state index in [0.29, 0.717) is 4.88 Å². The Hall–Kier alpha value is -3.13. The number of anilines is 1. The molecule has 154 valence electrons. The first-order valence-electron chi connectivity index (χ1n) is 9.41. The van der Waals surface area contributed by atoms with Gasteiger partial charge in [0.1, 0.15) is 0 Å². The van der Waals surface area contributed by atoms with E-state index in [9.17, 15) is 18.0 Å². The molecule has 1 N–H and O–H groups in total. The van der Waals surface area contributed by atoms with Gasteiger partial charge in [-0.25, -0.2) is 4.98 Å². The van der Waals surface area contributed by atoms with Crippen molar-refractivity contribution >= 4 is 34.0 Å². The smallest absolute Gasteiger partial charge is 0.323 e. The number of rotatable bonds is 5. The van der Waals surface area contributed by atoms with Gasteiger partial charge in [0.25, 0.3) is 5.91 Å². The van der Waals surface area contributed by atoms with Crippen molar-refractivity contribution in [1.29, 1.82) is 0 Å². The second-order valence-electron chi connectivity index (χ2n) is 6.77. The highest BCUT2D eigenvalue weighted by molar-refractivity contribution is 7.17. The van der Waals surface area contributed by atoms with E-state index < -0.39 is 17.6 Å². The quantitative estimate of drug-likeness (QED) is 0.396. The molecule has 0 saturated carbocycles. The Labute approximate surface area is 175 Å². The molecule has 2 heterocycles. The molecule has 4 rings (SSSR count). The first-order chi connectivity index (χ1) is 14.4. The van der Waals surface area contributed by atoms with Gasteiger partial charge in [-0.3, -0.25) is 4.79 Å². The maximum absolute atomic E-state index is 12.9. The number of fused-ring (bicyclic) bond motifs is 1. The highest BCUT2D eigenvalue weighted by Crippen LogP contribution is 2.33. The van der Waals surface area contributed by atoms with Gasteiger partial charge in [0, 0.05) is 12.2 Å². The van der Waals surface area contributed by atoms with E-state index in [4.69, 9.17) is 4.98 Å². The minimum Gasteiger partial charge on any atom is -0.323 e. The summed E-state index contributed by atoms with van der Waals surface area (Å²) in [6.45, 7) is 2.88. The van der Waals surface area contributed by atoms with Gasteiger partial charge in [0.2, 0.25) is 0 Å². The standard InChI is InChI=1S/C22H18F3N3OS/c1-2-12-28-17-9-4-3-8-16(17)27-20(28)18-10-11-19(30-18)21(29)26-15-7-5-6-14(13-15)22(23,24)25/h3-11,13H,2,12H2,1H3,(H,26,29). The maximum Gasteiger partial charge on any atom is 0.416 e. The Bertz CT molecular complexity index is 1210. The van der Waals surface area contributed by atoms with Crippen molar-refractivity contribution in [3.05, 3.63) is 71.1 Å². The van der Waals surface area contributed by atoms with E-state index in [1.807, 2.05) is 30.3 Å². The second kappa shape index (κ2) is 7.95. The Morgan fingerprint density at radius 3 is 2.67 bits per heavy atom. The van der Waals surface area contributed by atoms with Crippen molar-refractivity contribution in [1.82, 2.24) is 9.55 Å². The van der Waals surface area contributed by atoms with Crippen LogP contribution in [0, 0.1) is 0 Å². The molecule has 0 aliphatic heterocycles. The number of halogens is 3. The molecule has 0 atom stereocenters. The minimum absolute atomic E-state index is 0.1000. The molecule has 0 unspecified atom stereocenters. The zero-order valence-corrected chi connectivity index (χ0v) is 16.8. The third kappa shape index (κ3) is 3.95. The number of benzene rings is 2. The number of hydrogen-bond acceptors (Lipinski definition) is 3. The van der Waals surface area contributed by atoms with Gasteiger partial charge in [0.15, 0.2) is 5.82 Å². The average molecular weight is 429 g/mol. The predicted octanol–water partition coefficient (Wildman–Crippen LogP) is 6.45. The fourth-order valence-electron chi connectivity index (χ4n) is 3.26. The summed E-state index contributed by atoms with van der Waals surface area (Å²) in [4.78, 5) is 18.5. The number of carbonyl (C=O) groups is 1. The van der Waals surface area contributed by atoms with Crippen LogP contribution in [0.5, 0.6) is 0 Å². The van der Waals surface area contributed by atoms with Gasteiger partial charge in [-0.1, -0.05) is 25.1 Å². The number of thiophene rings is 1. The lowest BCUT2D eigenvalue weighted by Crippen LogP contribution is -2.11. The molecule has 4 nitrogen and oxygen atoms in total. The molecule has 8 heteroatoms. The van der Waals surface area contributed by atoms with Gasteiger partial charge in [-0.2, -0.15) is 13.2 Å². The van der Waals surface area contributed by atoms with Crippen LogP contribution in [0.4, 0.5) is 18.9 Å². The molecule has 0 spiro atoms. The zero-order valence-electron chi connectivity index (χ0n) is 16.0. The Morgan fingerprint density at radius 1 is 1.10 bits per heavy atom. The molecule has 4 aromatic rings. The molecule has 0 radical (unpaired) electrons. The third-order valence-electron chi connectivity index (χ3n) is 4.60. The highest BCUT2D eigenvalue weighted by atomic mass is 32.1. The second-order valence-corrected chi connectivity index (χ2v) is 7.86. The fourth-order valence-corrected chi connectivity index (χ4v) is 4.16. The van der Waals surface area contributed by atoms with Crippen molar-refractivity contribution in [2.45, 2.75) is 26.1 Å². The van der Waals surface area contributed by atoms with Crippen LogP contribution in [-0.2, 0) is 12.7 Å². The number of imidazole rings is 1. The van der Waals surface area contributed by atoms with E-state index in [-0.39, 0.29) is 5.69 Å². The monoisotopic (exact) mass is 429 g/mol. The van der Waals surface area contributed by atoms with Crippen LogP contribution < -0.4 is 5.32 Å². The van der Waals surface area contributed by atoms with E-state index in [1.165, 1.54) is 23.5 Å². The van der Waals surface area contributed by atoms with Crippen molar-refractivity contribution in [2.24, 2.45) is 0 Å². The lowest BCUT2D eigenvalue weighted by Gasteiger charge is -2.09. The van der Waals surface area contributed by atoms with Crippen LogP contribution in [0.1, 0.15) is 28.6 Å². The van der Waals surface area contributed by atoms with Crippen molar-refractivity contribution < 1.29 is 18.0 Å². The number of aromatic nitrogens is 2. The molecule has 1 amide bonds. The topological polar surface area (TPSA) is 46.9 Å². The predicted molar refractivity (Wildman–Crippen MR) is 113 cm³/mol. The Balaban J connectivity index is 1.61. The fraction of sp³-hybridized carbons (Fsp3) is 0.182. The Morgan fingerprint density at radius 2 is 1.90 bits per heavy atom. The largest absolute Gasteiger partial charge is 0.416 e. The lowest BCUT2D eigenvalue weighted by molar-refractivity contribution is -0.137. The van der Waals surface area contributed by atoms with E-state index in [1.54, 1.807) is 6.07 Å². The molecule has 2 aromatic heterocycles. The number of nitrogens with one attached hydrogen (secondary N) is 1. The van der Waals surface area contributed by atoms with E-state index >= 15 is 0 Å². The van der Waals surface area contributed by atoms with Crippen molar-refractivity contribution in [3.63, 3.8) is 0 Å². The van der Waals surface area contributed by atoms with Crippen LogP contribution in [0.2, 0.25) is 0 Å². The SMILES string of the molecule is CCCn1c(-c2ccc(C(=O)Nc3cccc(C(F)(F)F)c3)s2)nc2ccccc21. The normalized spacial score (nSPS) is 11.7. The van der Waals surface area contributed by atoms with Crippen LogP contribution in [0.25, 0.3) is 21.7 Å². The first kappa shape index (κ1) is 20.2. The van der Waals surface area contributed by atoms with Crippen molar-refractivity contribution in [2.75, 3.05) is 5.32 Å². The van der Waals surface area contributed by atoms with Gasteiger partial charge >= 0.3 is 6.18 Å². The molecule has 30 heavy (non-hydrogen) atoms. The average Bonchev–Trinajstić information content (AvgIpc) is 3.33. The van der Waals surface area contributed by atoms with Gasteiger partial charge in [-0.15, -0.1) is 11.3 Å². The molecule has 0 bridgehead atoms. The Kier molecular flexibility index (Phi) is 5.34. The number of carbonyl (C=O) groups excluding carboxylic acids is 1. The summed E-state index contributed by atoms with van der Waals surface area (Å²) in [5, 5.41) is 2.55. The molecular weight excluding hydrogens is 411 g/mol. The number of nitrogens with zero attached hydrogens (tertiary/aromatic N) is 2. The molecule has 0 saturated heterocycles. The molecular formula is C22H18F3N3OS. The van der Waals surface area contributed by atoms with E-state index in [0.717, 1.165) is 46.8 Å². The highest BCUT2D eigenvalue weighted by Gasteiger charge is 2.30. The summed E-state index contributed by atoms with van der Waals surface area (Å²) in [7, 11) is 0. The summed E-state index contributed by atoms with van der Waals surface area (Å²) in [5.41, 5.74) is 1.20. The summed E-state index contributed by atoms with van der Waals surface area (Å²) in [5.74, 6) is 0.324. The van der Waals surface area contributed by atoms with Crippen LogP contribution in [0.3, 0.4) is 0 Å². The van der Waals surface area contributed by atoms with Gasteiger partial charge < -0.3 is 9.88 Å². The lowest BCUT2D eigenvalue weighted by atomic mass is 10.2. The minimum atomic E-state index is -4.46. The van der Waals surface area contributed by atoms with Crippen LogP contribution >= 0.6 is 11.3 Å². The molecule has 0 fully saturated rings. The summed E-state index contributed by atoms with van der Waals surface area (Å²) < 4.78 is 40.8. The van der Waals surface area contributed by atoms with Gasteiger partial charge in [0.05, 0.1) is 26.4 Å². The summed E-state index contributed by atoms with van der Waals surface area (Å²) >= 11 is 1.26. The number of hydrogen-bond donors (Lipinski definition) is 1. The van der Waals surface area contributed by atoms with Crippen LogP contribution in [0.15, 0.2) is 60.7 Å². The molecule has 2 aromatic carbocycles. The first-order valence-corrected chi connectivity index (χ1v) is 10.2. The zero-order chi connectivity index (χ0) is 21.3. The number of alkyl halides is 3. The number of para-hydroxylation sites is 2. The summed E-state index contributed by atoms with van der Waals surface area (Å²) in [6, 6.07) is 15.9. The van der Waals surface area contributed by atoms with E-state index in [2.05, 4.69) is 16.8 Å². The summed E-state index contributed by atoms with van der Waals surface area (Å²) in [6.07, 6.45) is -3.53. The van der Waals surface area contributed by atoms with Gasteiger partial charge in [-0.05, 0) is 48.9 Å². The van der Waals surface area contributed by atoms with Crippen molar-refractivity contribution in [3.8, 4) is 10.7 Å². The van der Waals surface area contributed by atoms with Crippen LogP contribution in [-0.4, -0.2) is 15.5 Å². The number of aryl methyl sites for hydroxylation is 1. The third-order valence-corrected chi connectivity index (χ3v) is 5.68. The molecule has 0 aliphatic rings.